The topological polar surface area (TPSA) is 23.8 Å². The van der Waals surface area contributed by atoms with Crippen molar-refractivity contribution in [1.82, 2.24) is 0 Å². The lowest BCUT2D eigenvalue weighted by atomic mass is 9.68. The molecule has 2 saturated carbocycles. The molecule has 27 heavy (non-hydrogen) atoms. The van der Waals surface area contributed by atoms with Crippen LogP contribution in [0.4, 0.5) is 13.2 Å². The predicted octanol–water partition coefficient (Wildman–Crippen LogP) is 7.20. The Kier molecular flexibility index (Phi) is 6.99. The lowest BCUT2D eigenvalue weighted by Gasteiger charge is -2.38. The van der Waals surface area contributed by atoms with Gasteiger partial charge in [-0.3, -0.25) is 0 Å². The maximum Gasteiger partial charge on any atom is 0.196 e. The molecule has 0 unspecified atom stereocenters. The average molecular weight is 375 g/mol. The second-order valence-electron chi connectivity index (χ2n) is 8.31. The summed E-state index contributed by atoms with van der Waals surface area (Å²) in [5.41, 5.74) is 0.939. The molecule has 0 heterocycles. The first-order chi connectivity index (χ1) is 13.1. The van der Waals surface area contributed by atoms with Gasteiger partial charge in [-0.25, -0.2) is 8.78 Å². The minimum atomic E-state index is -0.768. The Morgan fingerprint density at radius 3 is 2.19 bits per heavy atom. The molecule has 0 aliphatic heterocycles. The van der Waals surface area contributed by atoms with Crippen LogP contribution in [0, 0.1) is 40.7 Å². The number of nitriles is 1. The molecular formula is C23H28F3N. The third kappa shape index (κ3) is 5.37. The molecule has 0 atom stereocenters. The predicted molar refractivity (Wildman–Crippen MR) is 101 cm³/mol. The average Bonchev–Trinajstić information content (AvgIpc) is 2.70. The summed E-state index contributed by atoms with van der Waals surface area (Å²) in [5, 5.41) is 8.44. The van der Waals surface area contributed by atoms with Gasteiger partial charge in [0.25, 0.3) is 0 Å². The fourth-order valence-electron chi connectivity index (χ4n) is 5.13. The van der Waals surface area contributed by atoms with Gasteiger partial charge in [-0.1, -0.05) is 18.9 Å². The van der Waals surface area contributed by atoms with E-state index in [1.807, 2.05) is 0 Å². The summed E-state index contributed by atoms with van der Waals surface area (Å²) < 4.78 is 39.5. The highest BCUT2D eigenvalue weighted by Crippen LogP contribution is 2.44. The number of benzene rings is 1. The van der Waals surface area contributed by atoms with E-state index in [1.54, 1.807) is 6.07 Å². The van der Waals surface area contributed by atoms with Gasteiger partial charge in [0.05, 0.1) is 0 Å². The molecule has 0 saturated heterocycles. The van der Waals surface area contributed by atoms with Crippen molar-refractivity contribution in [1.29, 1.82) is 5.26 Å². The molecule has 0 radical (unpaired) electrons. The summed E-state index contributed by atoms with van der Waals surface area (Å²) >= 11 is 0. The van der Waals surface area contributed by atoms with Crippen LogP contribution >= 0.6 is 0 Å². The highest BCUT2D eigenvalue weighted by atomic mass is 19.2. The lowest BCUT2D eigenvalue weighted by Crippen LogP contribution is -2.25. The minimum Gasteiger partial charge on any atom is -0.204 e. The lowest BCUT2D eigenvalue weighted by molar-refractivity contribution is 0.157. The van der Waals surface area contributed by atoms with E-state index in [0.29, 0.717) is 18.3 Å². The van der Waals surface area contributed by atoms with E-state index in [0.717, 1.165) is 36.7 Å². The number of hydrogen-bond acceptors (Lipinski definition) is 1. The number of rotatable bonds is 5. The number of halogens is 3. The first-order valence-corrected chi connectivity index (χ1v) is 10.3. The molecule has 0 amide bonds. The molecule has 0 N–H and O–H groups in total. The number of allylic oxidation sites excluding steroid dienone is 2. The summed E-state index contributed by atoms with van der Waals surface area (Å²) in [4.78, 5) is 0. The largest absolute Gasteiger partial charge is 0.204 e. The molecule has 1 aromatic carbocycles. The molecule has 3 rings (SSSR count). The van der Waals surface area contributed by atoms with Crippen LogP contribution in [0.2, 0.25) is 0 Å². The zero-order valence-corrected chi connectivity index (χ0v) is 15.8. The van der Waals surface area contributed by atoms with Crippen molar-refractivity contribution in [3.05, 3.63) is 47.3 Å². The van der Waals surface area contributed by atoms with Crippen molar-refractivity contribution in [3.8, 4) is 6.07 Å². The van der Waals surface area contributed by atoms with Crippen molar-refractivity contribution in [3.63, 3.8) is 0 Å². The van der Waals surface area contributed by atoms with Gasteiger partial charge in [0.1, 0.15) is 6.07 Å². The fraction of sp³-hybridized carbons (Fsp3) is 0.609. The first-order valence-electron chi connectivity index (χ1n) is 10.3. The summed E-state index contributed by atoms with van der Waals surface area (Å²) in [6.07, 6.45) is 12.4. The van der Waals surface area contributed by atoms with E-state index in [9.17, 15) is 13.2 Å². The molecule has 0 bridgehead atoms. The van der Waals surface area contributed by atoms with Gasteiger partial charge in [-0.15, -0.1) is 0 Å². The summed E-state index contributed by atoms with van der Waals surface area (Å²) in [5.74, 6) is 0.368. The molecule has 2 fully saturated rings. The zero-order chi connectivity index (χ0) is 19.2. The standard InChI is InChI=1S/C23H28F3N/c24-21(15-27)3-1-2-16-4-6-17(7-5-16)18-8-10-19(11-9-18)20-12-13-22(25)23(26)14-20/h3,12-14,16-19H,1-2,4-11H2/t16-,17-,18-,19-. The normalized spacial score (nSPS) is 29.3. The Labute approximate surface area is 160 Å². The van der Waals surface area contributed by atoms with E-state index in [2.05, 4.69) is 0 Å². The Bertz CT molecular complexity index is 690. The fourth-order valence-corrected chi connectivity index (χ4v) is 5.13. The maximum atomic E-state index is 13.5. The van der Waals surface area contributed by atoms with E-state index < -0.39 is 17.5 Å². The van der Waals surface area contributed by atoms with Crippen LogP contribution in [0.15, 0.2) is 30.1 Å². The van der Waals surface area contributed by atoms with Crippen molar-refractivity contribution >= 4 is 0 Å². The van der Waals surface area contributed by atoms with Crippen LogP contribution < -0.4 is 0 Å². The SMILES string of the molecule is N#CC(F)=CCC[C@H]1CC[C@H]([C@H]2CC[C@H](c3ccc(F)c(F)c3)CC2)CC1. The Balaban J connectivity index is 1.42. The van der Waals surface area contributed by atoms with E-state index in [1.165, 1.54) is 62.8 Å². The second-order valence-corrected chi connectivity index (χ2v) is 8.31. The van der Waals surface area contributed by atoms with Crippen molar-refractivity contribution in [2.24, 2.45) is 17.8 Å². The highest BCUT2D eigenvalue weighted by Gasteiger charge is 2.31. The Morgan fingerprint density at radius 1 is 0.963 bits per heavy atom. The summed E-state index contributed by atoms with van der Waals surface area (Å²) in [6.45, 7) is 0. The van der Waals surface area contributed by atoms with Crippen molar-refractivity contribution in [2.75, 3.05) is 0 Å². The van der Waals surface area contributed by atoms with Crippen LogP contribution in [0.1, 0.15) is 75.7 Å². The molecular weight excluding hydrogens is 347 g/mol. The third-order valence-electron chi connectivity index (χ3n) is 6.75. The van der Waals surface area contributed by atoms with Crippen molar-refractivity contribution in [2.45, 2.75) is 70.1 Å². The zero-order valence-electron chi connectivity index (χ0n) is 15.8. The molecule has 1 aromatic rings. The Hall–Kier alpha value is -1.76. The number of nitrogens with zero attached hydrogens (tertiary/aromatic N) is 1. The van der Waals surface area contributed by atoms with Crippen LogP contribution in [-0.2, 0) is 0 Å². The molecule has 0 spiro atoms. The van der Waals surface area contributed by atoms with Crippen LogP contribution in [0.25, 0.3) is 0 Å². The smallest absolute Gasteiger partial charge is 0.196 e. The van der Waals surface area contributed by atoms with Crippen LogP contribution in [-0.4, -0.2) is 0 Å². The van der Waals surface area contributed by atoms with Gasteiger partial charge in [0.2, 0.25) is 0 Å². The number of hydrogen-bond donors (Lipinski definition) is 0. The van der Waals surface area contributed by atoms with Gasteiger partial charge in [0, 0.05) is 0 Å². The van der Waals surface area contributed by atoms with E-state index >= 15 is 0 Å². The molecule has 4 heteroatoms. The van der Waals surface area contributed by atoms with Gasteiger partial charge in [-0.05, 0) is 98.8 Å². The van der Waals surface area contributed by atoms with Crippen LogP contribution in [0.3, 0.4) is 0 Å². The minimum absolute atomic E-state index is 0.356. The molecule has 2 aliphatic rings. The highest BCUT2D eigenvalue weighted by molar-refractivity contribution is 5.22. The second kappa shape index (κ2) is 9.44. The van der Waals surface area contributed by atoms with Gasteiger partial charge in [-0.2, -0.15) is 9.65 Å². The van der Waals surface area contributed by atoms with E-state index in [4.69, 9.17) is 5.26 Å². The molecule has 1 nitrogen and oxygen atoms in total. The first kappa shape index (κ1) is 20.0. The summed E-state index contributed by atoms with van der Waals surface area (Å²) in [7, 11) is 0. The molecule has 146 valence electrons. The quantitative estimate of drug-likeness (QED) is 0.499. The van der Waals surface area contributed by atoms with Gasteiger partial charge < -0.3 is 0 Å². The van der Waals surface area contributed by atoms with E-state index in [-0.39, 0.29) is 0 Å². The molecule has 2 aliphatic carbocycles. The molecule has 0 aromatic heterocycles. The maximum absolute atomic E-state index is 13.5. The van der Waals surface area contributed by atoms with Gasteiger partial charge in [0.15, 0.2) is 17.5 Å². The van der Waals surface area contributed by atoms with Crippen molar-refractivity contribution < 1.29 is 13.2 Å². The summed E-state index contributed by atoms with van der Waals surface area (Å²) in [6, 6.07) is 5.88. The van der Waals surface area contributed by atoms with Crippen LogP contribution in [0.5, 0.6) is 0 Å². The Morgan fingerprint density at radius 2 is 1.59 bits per heavy atom. The van der Waals surface area contributed by atoms with Gasteiger partial charge >= 0.3 is 0 Å². The monoisotopic (exact) mass is 375 g/mol. The third-order valence-corrected chi connectivity index (χ3v) is 6.75.